The van der Waals surface area contributed by atoms with Crippen molar-refractivity contribution < 1.29 is 49.3 Å². The van der Waals surface area contributed by atoms with Crippen molar-refractivity contribution in [1.82, 2.24) is 5.32 Å². The fourth-order valence-corrected chi connectivity index (χ4v) is 6.86. The maximum absolute atomic E-state index is 13.3. The van der Waals surface area contributed by atoms with Gasteiger partial charge in [-0.1, -0.05) is 206 Å². The van der Waals surface area contributed by atoms with Gasteiger partial charge in [-0.2, -0.15) is 0 Å². The van der Waals surface area contributed by atoms with Gasteiger partial charge in [0.2, 0.25) is 5.91 Å². The molecule has 1 fully saturated rings. The first-order valence-corrected chi connectivity index (χ1v) is 24.9. The Morgan fingerprint density at radius 2 is 1.09 bits per heavy atom. The third-order valence-electron chi connectivity index (χ3n) is 10.8. The summed E-state index contributed by atoms with van der Waals surface area (Å²) in [4.78, 5) is 26.2. The molecule has 372 valence electrons. The Bertz CT molecular complexity index is 1520. The fraction of sp³-hybridized carbons (Fsp3) is 0.600. The summed E-state index contributed by atoms with van der Waals surface area (Å²) >= 11 is 0. The van der Waals surface area contributed by atoms with Crippen molar-refractivity contribution in [2.75, 3.05) is 13.2 Å². The van der Waals surface area contributed by atoms with Gasteiger partial charge in [-0.3, -0.25) is 9.59 Å². The zero-order valence-corrected chi connectivity index (χ0v) is 40.5. The number of carbonyl (C=O) groups is 2. The number of aliphatic hydroxyl groups is 5. The number of rotatable bonds is 38. The lowest BCUT2D eigenvalue weighted by molar-refractivity contribution is -0.305. The Labute approximate surface area is 398 Å². The number of amides is 1. The second kappa shape index (κ2) is 42.4. The van der Waals surface area contributed by atoms with E-state index in [4.69, 9.17) is 14.2 Å². The molecule has 1 saturated heterocycles. The van der Waals surface area contributed by atoms with Crippen LogP contribution in [0.1, 0.15) is 149 Å². The number of hydrogen-bond donors (Lipinski definition) is 6. The van der Waals surface area contributed by atoms with Crippen LogP contribution in [-0.2, 0) is 23.8 Å². The van der Waals surface area contributed by atoms with E-state index in [-0.39, 0.29) is 19.4 Å². The molecule has 11 heteroatoms. The predicted molar refractivity (Wildman–Crippen MR) is 268 cm³/mol. The number of aliphatic hydroxyl groups excluding tert-OH is 5. The molecule has 0 radical (unpaired) electrons. The first kappa shape index (κ1) is 60.1. The van der Waals surface area contributed by atoms with Crippen molar-refractivity contribution in [2.45, 2.75) is 198 Å². The average molecular weight is 922 g/mol. The van der Waals surface area contributed by atoms with E-state index in [0.29, 0.717) is 19.3 Å². The summed E-state index contributed by atoms with van der Waals surface area (Å²) in [6.07, 6.45) is 47.0. The smallest absolute Gasteiger partial charge is 0.306 e. The van der Waals surface area contributed by atoms with Gasteiger partial charge >= 0.3 is 5.97 Å². The molecule has 0 aromatic rings. The SMILES string of the molecule is CC/C=C/C=C/C=C\C=C/C=C/CCCC(=O)OC1C(OCC(NC(=O)C(O)CCCC\C=C/C=C\C=C\C=C\CC)C(O)/C=C/CCCCCCCCCCCC)OC(CO)C(O)C1O. The van der Waals surface area contributed by atoms with Crippen LogP contribution in [0.2, 0.25) is 0 Å². The van der Waals surface area contributed by atoms with Crippen molar-refractivity contribution in [1.29, 1.82) is 0 Å². The van der Waals surface area contributed by atoms with E-state index < -0.39 is 67.4 Å². The molecule has 1 rings (SSSR count). The summed E-state index contributed by atoms with van der Waals surface area (Å²) < 4.78 is 17.4. The van der Waals surface area contributed by atoms with Gasteiger partial charge in [0.15, 0.2) is 12.4 Å². The Morgan fingerprint density at radius 1 is 0.606 bits per heavy atom. The minimum atomic E-state index is -1.66. The number of unbranched alkanes of at least 4 members (excludes halogenated alkanes) is 13. The van der Waals surface area contributed by atoms with Crippen molar-refractivity contribution in [3.8, 4) is 0 Å². The van der Waals surface area contributed by atoms with Crippen molar-refractivity contribution in [3.63, 3.8) is 0 Å². The molecule has 1 aliphatic heterocycles. The first-order chi connectivity index (χ1) is 32.2. The molecular weight excluding hydrogens is 835 g/mol. The minimum Gasteiger partial charge on any atom is -0.454 e. The van der Waals surface area contributed by atoms with Crippen molar-refractivity contribution in [2.24, 2.45) is 0 Å². The Morgan fingerprint density at radius 3 is 1.64 bits per heavy atom. The number of hydrogen-bond acceptors (Lipinski definition) is 10. The van der Waals surface area contributed by atoms with Crippen LogP contribution >= 0.6 is 0 Å². The lowest BCUT2D eigenvalue weighted by Crippen LogP contribution is -2.61. The van der Waals surface area contributed by atoms with E-state index in [1.807, 2.05) is 103 Å². The highest BCUT2D eigenvalue weighted by molar-refractivity contribution is 5.80. The maximum Gasteiger partial charge on any atom is 0.306 e. The topological polar surface area (TPSA) is 175 Å². The molecule has 8 unspecified atom stereocenters. The van der Waals surface area contributed by atoms with Crippen LogP contribution in [0.5, 0.6) is 0 Å². The molecule has 0 aromatic heterocycles. The molecule has 0 bridgehead atoms. The maximum atomic E-state index is 13.3. The van der Waals surface area contributed by atoms with Gasteiger partial charge < -0.3 is 45.1 Å². The van der Waals surface area contributed by atoms with E-state index in [0.717, 1.165) is 51.4 Å². The van der Waals surface area contributed by atoms with Crippen LogP contribution in [0.3, 0.4) is 0 Å². The summed E-state index contributed by atoms with van der Waals surface area (Å²) in [5.74, 6) is -1.33. The van der Waals surface area contributed by atoms with Crippen molar-refractivity contribution in [3.05, 3.63) is 122 Å². The molecule has 1 aliphatic rings. The number of esters is 1. The van der Waals surface area contributed by atoms with Gasteiger partial charge in [-0.25, -0.2) is 0 Å². The highest BCUT2D eigenvalue weighted by Crippen LogP contribution is 2.26. The zero-order chi connectivity index (χ0) is 48.3. The second-order valence-electron chi connectivity index (χ2n) is 16.6. The molecule has 0 aromatic carbocycles. The molecule has 0 saturated carbocycles. The van der Waals surface area contributed by atoms with Crippen LogP contribution in [0.25, 0.3) is 0 Å². The van der Waals surface area contributed by atoms with Gasteiger partial charge in [-0.05, 0) is 57.8 Å². The Kier molecular flexibility index (Phi) is 38.6. The van der Waals surface area contributed by atoms with Crippen LogP contribution < -0.4 is 5.32 Å². The fourth-order valence-electron chi connectivity index (χ4n) is 6.86. The number of allylic oxidation sites excluding steroid dienone is 19. The molecule has 11 nitrogen and oxygen atoms in total. The summed E-state index contributed by atoms with van der Waals surface area (Å²) in [6.45, 7) is 5.36. The lowest BCUT2D eigenvalue weighted by Gasteiger charge is -2.41. The van der Waals surface area contributed by atoms with Crippen molar-refractivity contribution >= 4 is 11.9 Å². The molecule has 0 aliphatic carbocycles. The lowest BCUT2D eigenvalue weighted by atomic mass is 9.99. The molecule has 1 heterocycles. The molecular formula is C55H87NO10. The summed E-state index contributed by atoms with van der Waals surface area (Å²) in [5, 5.41) is 56.4. The Hall–Kier alpha value is -3.94. The minimum absolute atomic E-state index is 0.0146. The van der Waals surface area contributed by atoms with E-state index in [1.54, 1.807) is 6.08 Å². The van der Waals surface area contributed by atoms with Crippen LogP contribution in [-0.4, -0.2) is 99.6 Å². The Balaban J connectivity index is 2.90. The van der Waals surface area contributed by atoms with Crippen LogP contribution in [0.15, 0.2) is 122 Å². The number of ether oxygens (including phenoxy) is 3. The third kappa shape index (κ3) is 31.1. The standard InChI is InChI=1S/C55H87NO10/c1-4-7-10-13-16-19-22-25-28-31-34-37-40-43-50(60)66-53-52(62)51(61)49(44-57)65-55(53)64-45-46(47(58)41-38-35-32-29-26-23-20-17-14-11-8-5-2)56-54(63)48(59)42-39-36-33-30-27-24-21-18-15-12-9-6-3/h7,9-10,12-13,15-16,18-19,21-22,24-25,27-28,30-31,34,38,41,46-49,51-53,55,57-59,61-62H,4-6,8,11,14,17,20,23,26,29,32-33,35-37,39-40,42-45H2,1-3H3,(H,56,63)/b10-7+,12-9+,16-13+,18-15+,22-19-,24-21-,28-25-,30-27-,34-31+,41-38+. The van der Waals surface area contributed by atoms with Gasteiger partial charge in [-0.15, -0.1) is 0 Å². The van der Waals surface area contributed by atoms with E-state index >= 15 is 0 Å². The van der Waals surface area contributed by atoms with E-state index in [1.165, 1.54) is 44.9 Å². The molecule has 8 atom stereocenters. The monoisotopic (exact) mass is 922 g/mol. The average Bonchev–Trinajstić information content (AvgIpc) is 3.31. The summed E-state index contributed by atoms with van der Waals surface area (Å²) in [5.41, 5.74) is 0. The van der Waals surface area contributed by atoms with Gasteiger partial charge in [0.1, 0.15) is 24.4 Å². The molecule has 0 spiro atoms. The number of nitrogens with one attached hydrogen (secondary N) is 1. The predicted octanol–water partition coefficient (Wildman–Crippen LogP) is 9.98. The second-order valence-corrected chi connectivity index (χ2v) is 16.6. The summed E-state index contributed by atoms with van der Waals surface area (Å²) in [6, 6.07) is -1.07. The normalized spacial score (nSPS) is 21.2. The highest BCUT2D eigenvalue weighted by Gasteiger charge is 2.47. The van der Waals surface area contributed by atoms with Gasteiger partial charge in [0, 0.05) is 6.42 Å². The third-order valence-corrected chi connectivity index (χ3v) is 10.8. The largest absolute Gasteiger partial charge is 0.454 e. The molecule has 1 amide bonds. The van der Waals surface area contributed by atoms with E-state index in [9.17, 15) is 35.1 Å². The first-order valence-electron chi connectivity index (χ1n) is 24.9. The number of carbonyl (C=O) groups excluding carboxylic acids is 2. The van der Waals surface area contributed by atoms with E-state index in [2.05, 4.69) is 38.2 Å². The molecule has 66 heavy (non-hydrogen) atoms. The summed E-state index contributed by atoms with van der Waals surface area (Å²) in [7, 11) is 0. The molecule has 6 N–H and O–H groups in total. The van der Waals surface area contributed by atoms with Gasteiger partial charge in [0.25, 0.3) is 0 Å². The van der Waals surface area contributed by atoms with Crippen LogP contribution in [0, 0.1) is 0 Å². The zero-order valence-electron chi connectivity index (χ0n) is 40.5. The van der Waals surface area contributed by atoms with Gasteiger partial charge in [0.05, 0.1) is 25.4 Å². The van der Waals surface area contributed by atoms with Crippen LogP contribution in [0.4, 0.5) is 0 Å². The highest BCUT2D eigenvalue weighted by atomic mass is 16.7. The quantitative estimate of drug-likeness (QED) is 0.0151.